The summed E-state index contributed by atoms with van der Waals surface area (Å²) in [6.07, 6.45) is 3.64. The summed E-state index contributed by atoms with van der Waals surface area (Å²) in [5, 5.41) is 7.86. The Bertz CT molecular complexity index is 695. The van der Waals surface area contributed by atoms with E-state index in [0.717, 1.165) is 23.1 Å². The van der Waals surface area contributed by atoms with Gasteiger partial charge in [-0.15, -0.1) is 0 Å². The first-order valence-electron chi connectivity index (χ1n) is 6.56. The van der Waals surface area contributed by atoms with E-state index >= 15 is 0 Å². The molecule has 0 saturated carbocycles. The average molecular weight is 268 g/mol. The second-order valence-corrected chi connectivity index (χ2v) is 4.92. The topological polar surface area (TPSA) is 55.1 Å². The summed E-state index contributed by atoms with van der Waals surface area (Å²) in [7, 11) is 2.09. The molecule has 102 valence electrons. The lowest BCUT2D eigenvalue weighted by molar-refractivity contribution is 0.253. The van der Waals surface area contributed by atoms with Crippen LogP contribution in [-0.4, -0.2) is 27.2 Å². The monoisotopic (exact) mass is 268 g/mol. The first-order chi connectivity index (χ1) is 9.75. The summed E-state index contributed by atoms with van der Waals surface area (Å²) in [5.74, 6) is 0. The van der Waals surface area contributed by atoms with E-state index < -0.39 is 0 Å². The standard InChI is InChI=1S/C15H16N4O/c1-11(12-6-8-16-9-7-12)19(2)10-13-4-3-5-14-15(13)18-20-17-14/h3-9,11H,10H2,1-2H3/t11-/m1/s1. The molecular weight excluding hydrogens is 252 g/mol. The molecule has 0 radical (unpaired) electrons. The minimum absolute atomic E-state index is 0.299. The largest absolute Gasteiger partial charge is 0.295 e. The molecule has 5 heteroatoms. The van der Waals surface area contributed by atoms with Gasteiger partial charge in [0.15, 0.2) is 0 Å². The first kappa shape index (κ1) is 12.7. The van der Waals surface area contributed by atoms with E-state index in [9.17, 15) is 0 Å². The van der Waals surface area contributed by atoms with Gasteiger partial charge in [-0.25, -0.2) is 4.63 Å². The average Bonchev–Trinajstić information content (AvgIpc) is 2.97. The van der Waals surface area contributed by atoms with Crippen LogP contribution in [0.1, 0.15) is 24.1 Å². The SMILES string of the molecule is C[C@H](c1ccncc1)N(C)Cc1cccc2nonc12. The molecule has 3 rings (SSSR count). The highest BCUT2D eigenvalue weighted by Gasteiger charge is 2.14. The molecule has 0 fully saturated rings. The van der Waals surface area contributed by atoms with E-state index in [1.807, 2.05) is 36.7 Å². The van der Waals surface area contributed by atoms with Crippen LogP contribution in [0.3, 0.4) is 0 Å². The summed E-state index contributed by atoms with van der Waals surface area (Å²) >= 11 is 0. The predicted molar refractivity (Wildman–Crippen MR) is 75.9 cm³/mol. The van der Waals surface area contributed by atoms with E-state index in [4.69, 9.17) is 4.63 Å². The van der Waals surface area contributed by atoms with Crippen molar-refractivity contribution in [3.8, 4) is 0 Å². The van der Waals surface area contributed by atoms with Crippen molar-refractivity contribution in [2.24, 2.45) is 0 Å². The van der Waals surface area contributed by atoms with Crippen LogP contribution < -0.4 is 0 Å². The maximum absolute atomic E-state index is 4.81. The zero-order chi connectivity index (χ0) is 13.9. The first-order valence-corrected chi connectivity index (χ1v) is 6.56. The molecule has 0 amide bonds. The molecule has 0 aliphatic rings. The third kappa shape index (κ3) is 2.40. The number of rotatable bonds is 4. The molecule has 2 aromatic heterocycles. The smallest absolute Gasteiger partial charge is 0.139 e. The van der Waals surface area contributed by atoms with Crippen LogP contribution in [0, 0.1) is 0 Å². The number of hydrogen-bond donors (Lipinski definition) is 0. The summed E-state index contributed by atoms with van der Waals surface area (Å²) in [5.41, 5.74) is 3.99. The highest BCUT2D eigenvalue weighted by Crippen LogP contribution is 2.22. The van der Waals surface area contributed by atoms with Crippen molar-refractivity contribution in [1.29, 1.82) is 0 Å². The van der Waals surface area contributed by atoms with Gasteiger partial charge >= 0.3 is 0 Å². The number of nitrogens with zero attached hydrogens (tertiary/aromatic N) is 4. The van der Waals surface area contributed by atoms with Gasteiger partial charge < -0.3 is 0 Å². The van der Waals surface area contributed by atoms with Crippen molar-refractivity contribution in [3.63, 3.8) is 0 Å². The summed E-state index contributed by atoms with van der Waals surface area (Å²) in [4.78, 5) is 6.32. The third-order valence-electron chi connectivity index (χ3n) is 3.64. The molecular formula is C15H16N4O. The van der Waals surface area contributed by atoms with Crippen molar-refractivity contribution in [3.05, 3.63) is 53.9 Å². The summed E-state index contributed by atoms with van der Waals surface area (Å²) in [6.45, 7) is 2.96. The Morgan fingerprint density at radius 2 is 1.95 bits per heavy atom. The molecule has 5 nitrogen and oxygen atoms in total. The van der Waals surface area contributed by atoms with Crippen LogP contribution in [0.15, 0.2) is 47.4 Å². The fourth-order valence-corrected chi connectivity index (χ4v) is 2.29. The molecule has 2 heterocycles. The maximum atomic E-state index is 4.81. The zero-order valence-corrected chi connectivity index (χ0v) is 11.5. The van der Waals surface area contributed by atoms with Gasteiger partial charge in [-0.2, -0.15) is 0 Å². The minimum Gasteiger partial charge on any atom is -0.295 e. The van der Waals surface area contributed by atoms with Gasteiger partial charge in [0.05, 0.1) is 0 Å². The van der Waals surface area contributed by atoms with Gasteiger partial charge in [-0.3, -0.25) is 9.88 Å². The highest BCUT2D eigenvalue weighted by atomic mass is 16.6. The Morgan fingerprint density at radius 3 is 2.75 bits per heavy atom. The van der Waals surface area contributed by atoms with Crippen molar-refractivity contribution in [1.82, 2.24) is 20.2 Å². The number of pyridine rings is 1. The Kier molecular flexibility index (Phi) is 3.43. The predicted octanol–water partition coefficient (Wildman–Crippen LogP) is 2.81. The van der Waals surface area contributed by atoms with E-state index in [1.165, 1.54) is 5.56 Å². The van der Waals surface area contributed by atoms with E-state index in [1.54, 1.807) is 0 Å². The van der Waals surface area contributed by atoms with Crippen LogP contribution in [0.4, 0.5) is 0 Å². The van der Waals surface area contributed by atoms with Crippen LogP contribution in [0.2, 0.25) is 0 Å². The Balaban J connectivity index is 1.82. The number of aromatic nitrogens is 3. The number of hydrogen-bond acceptors (Lipinski definition) is 5. The quantitative estimate of drug-likeness (QED) is 0.728. The molecule has 20 heavy (non-hydrogen) atoms. The van der Waals surface area contributed by atoms with Crippen molar-refractivity contribution in [2.75, 3.05) is 7.05 Å². The Hall–Kier alpha value is -2.27. The van der Waals surface area contributed by atoms with Gasteiger partial charge in [0.1, 0.15) is 11.0 Å². The number of benzene rings is 1. The molecule has 1 atom stereocenters. The van der Waals surface area contributed by atoms with Crippen molar-refractivity contribution in [2.45, 2.75) is 19.5 Å². The third-order valence-corrected chi connectivity index (χ3v) is 3.64. The molecule has 0 N–H and O–H groups in total. The molecule has 0 aliphatic heterocycles. The molecule has 1 aromatic carbocycles. The maximum Gasteiger partial charge on any atom is 0.139 e. The molecule has 3 aromatic rings. The van der Waals surface area contributed by atoms with E-state index in [2.05, 4.69) is 40.2 Å². The van der Waals surface area contributed by atoms with Crippen molar-refractivity contribution >= 4 is 11.0 Å². The lowest BCUT2D eigenvalue weighted by Crippen LogP contribution is -2.22. The zero-order valence-electron chi connectivity index (χ0n) is 11.5. The normalized spacial score (nSPS) is 12.9. The van der Waals surface area contributed by atoms with Gasteiger partial charge in [0, 0.05) is 25.0 Å². The van der Waals surface area contributed by atoms with Crippen LogP contribution >= 0.6 is 0 Å². The van der Waals surface area contributed by atoms with Crippen molar-refractivity contribution < 1.29 is 4.63 Å². The van der Waals surface area contributed by atoms with Crippen LogP contribution in [0.25, 0.3) is 11.0 Å². The molecule has 0 aliphatic carbocycles. The van der Waals surface area contributed by atoms with E-state index in [-0.39, 0.29) is 0 Å². The van der Waals surface area contributed by atoms with Gasteiger partial charge in [-0.1, -0.05) is 12.1 Å². The second-order valence-electron chi connectivity index (χ2n) is 4.92. The molecule has 0 saturated heterocycles. The van der Waals surface area contributed by atoms with Gasteiger partial charge in [-0.05, 0) is 53.6 Å². The molecule has 0 bridgehead atoms. The minimum atomic E-state index is 0.299. The molecule has 0 spiro atoms. The molecule has 0 unspecified atom stereocenters. The van der Waals surface area contributed by atoms with Gasteiger partial charge in [0.25, 0.3) is 0 Å². The number of fused-ring (bicyclic) bond motifs is 1. The van der Waals surface area contributed by atoms with Crippen LogP contribution in [-0.2, 0) is 6.54 Å². The lowest BCUT2D eigenvalue weighted by Gasteiger charge is -2.25. The second kappa shape index (κ2) is 5.38. The van der Waals surface area contributed by atoms with E-state index in [0.29, 0.717) is 6.04 Å². The highest BCUT2D eigenvalue weighted by molar-refractivity contribution is 5.76. The lowest BCUT2D eigenvalue weighted by atomic mass is 10.1. The fourth-order valence-electron chi connectivity index (χ4n) is 2.29. The fraction of sp³-hybridized carbons (Fsp3) is 0.267. The van der Waals surface area contributed by atoms with Gasteiger partial charge in [0.2, 0.25) is 0 Å². The summed E-state index contributed by atoms with van der Waals surface area (Å²) < 4.78 is 4.81. The Labute approximate surface area is 117 Å². The summed E-state index contributed by atoms with van der Waals surface area (Å²) in [6, 6.07) is 10.3. The Morgan fingerprint density at radius 1 is 1.15 bits per heavy atom. The van der Waals surface area contributed by atoms with Crippen LogP contribution in [0.5, 0.6) is 0 Å².